The van der Waals surface area contributed by atoms with Crippen LogP contribution in [0, 0.1) is 13.8 Å². The molecule has 0 fully saturated rings. The average molecular weight is 305 g/mol. The van der Waals surface area contributed by atoms with Crippen LogP contribution in [0.15, 0.2) is 5.38 Å². The van der Waals surface area contributed by atoms with Crippen LogP contribution in [0.2, 0.25) is 0 Å². The summed E-state index contributed by atoms with van der Waals surface area (Å²) in [5.74, 6) is 2.71. The minimum Gasteiger partial charge on any atom is -0.370 e. The Labute approximate surface area is 130 Å². The summed E-state index contributed by atoms with van der Waals surface area (Å²) in [7, 11) is 0. The minimum atomic E-state index is 0.829. The number of thiazole rings is 1. The molecule has 0 aromatic carbocycles. The fourth-order valence-corrected chi connectivity index (χ4v) is 2.71. The van der Waals surface area contributed by atoms with Crippen molar-refractivity contribution in [3.63, 3.8) is 0 Å². The molecule has 5 nitrogen and oxygen atoms in total. The molecule has 0 aliphatic heterocycles. The topological polar surface area (TPSA) is 62.7 Å². The van der Waals surface area contributed by atoms with Crippen LogP contribution >= 0.6 is 11.3 Å². The molecule has 0 spiro atoms. The summed E-state index contributed by atoms with van der Waals surface area (Å²) in [5, 5.41) is 9.95. The third kappa shape index (κ3) is 4.14. The van der Waals surface area contributed by atoms with Crippen molar-refractivity contribution in [2.45, 2.75) is 40.5 Å². The van der Waals surface area contributed by atoms with Crippen molar-refractivity contribution in [2.24, 2.45) is 0 Å². The zero-order valence-electron chi connectivity index (χ0n) is 13.2. The summed E-state index contributed by atoms with van der Waals surface area (Å²) in [5.41, 5.74) is 2.21. The van der Waals surface area contributed by atoms with Gasteiger partial charge < -0.3 is 10.6 Å². The lowest BCUT2D eigenvalue weighted by atomic mass is 10.2. The Kier molecular flexibility index (Phi) is 5.50. The van der Waals surface area contributed by atoms with Gasteiger partial charge in [-0.3, -0.25) is 0 Å². The van der Waals surface area contributed by atoms with E-state index < -0.39 is 0 Å². The molecular weight excluding hydrogens is 282 g/mol. The predicted octanol–water partition coefficient (Wildman–Crippen LogP) is 3.20. The van der Waals surface area contributed by atoms with Gasteiger partial charge in [0.1, 0.15) is 17.5 Å². The van der Waals surface area contributed by atoms with Gasteiger partial charge in [0, 0.05) is 36.9 Å². The molecule has 0 aliphatic rings. The zero-order valence-corrected chi connectivity index (χ0v) is 14.0. The second-order valence-electron chi connectivity index (χ2n) is 4.88. The van der Waals surface area contributed by atoms with E-state index in [4.69, 9.17) is 0 Å². The predicted molar refractivity (Wildman–Crippen MR) is 89.4 cm³/mol. The molecule has 2 rings (SSSR count). The highest BCUT2D eigenvalue weighted by Crippen LogP contribution is 2.20. The number of nitrogens with zero attached hydrogens (tertiary/aromatic N) is 3. The van der Waals surface area contributed by atoms with Crippen LogP contribution in [0.25, 0.3) is 0 Å². The maximum atomic E-state index is 4.59. The minimum absolute atomic E-state index is 0.829. The Morgan fingerprint density at radius 2 is 1.76 bits per heavy atom. The first-order valence-electron chi connectivity index (χ1n) is 7.40. The molecule has 0 amide bonds. The van der Waals surface area contributed by atoms with E-state index in [0.29, 0.717) is 0 Å². The van der Waals surface area contributed by atoms with Gasteiger partial charge in [-0.05, 0) is 20.8 Å². The van der Waals surface area contributed by atoms with Crippen LogP contribution in [0.1, 0.15) is 35.9 Å². The molecule has 0 aliphatic carbocycles. The number of rotatable bonds is 7. The van der Waals surface area contributed by atoms with Crippen molar-refractivity contribution in [2.75, 3.05) is 23.7 Å². The summed E-state index contributed by atoms with van der Waals surface area (Å²) < 4.78 is 0. The van der Waals surface area contributed by atoms with Crippen molar-refractivity contribution >= 4 is 23.0 Å². The van der Waals surface area contributed by atoms with Gasteiger partial charge in [0.15, 0.2) is 0 Å². The van der Waals surface area contributed by atoms with Gasteiger partial charge in [-0.2, -0.15) is 0 Å². The molecule has 0 saturated carbocycles. The third-order valence-corrected chi connectivity index (χ3v) is 4.02. The molecule has 21 heavy (non-hydrogen) atoms. The summed E-state index contributed by atoms with van der Waals surface area (Å²) in [6.07, 6.45) is 1.74. The van der Waals surface area contributed by atoms with Gasteiger partial charge in [-0.15, -0.1) is 11.3 Å². The van der Waals surface area contributed by atoms with Gasteiger partial charge in [0.2, 0.25) is 0 Å². The maximum Gasteiger partial charge on any atom is 0.134 e. The first-order valence-corrected chi connectivity index (χ1v) is 8.28. The summed E-state index contributed by atoms with van der Waals surface area (Å²) in [6, 6.07) is 0. The molecule has 0 radical (unpaired) electrons. The number of aryl methyl sites for hydroxylation is 2. The molecular formula is C15H23N5S. The normalized spacial score (nSPS) is 10.7. The van der Waals surface area contributed by atoms with E-state index in [9.17, 15) is 0 Å². The van der Waals surface area contributed by atoms with E-state index in [2.05, 4.69) is 44.8 Å². The van der Waals surface area contributed by atoms with Crippen molar-refractivity contribution in [1.29, 1.82) is 0 Å². The third-order valence-electron chi connectivity index (χ3n) is 3.19. The highest BCUT2D eigenvalue weighted by molar-refractivity contribution is 7.09. The van der Waals surface area contributed by atoms with Crippen LogP contribution in [0.3, 0.4) is 0 Å². The number of anilines is 2. The molecule has 2 aromatic rings. The first-order chi connectivity index (χ1) is 10.1. The number of hydrogen-bond donors (Lipinski definition) is 2. The van der Waals surface area contributed by atoms with Crippen LogP contribution in [-0.2, 0) is 12.8 Å². The maximum absolute atomic E-state index is 4.59. The molecule has 0 saturated heterocycles. The van der Waals surface area contributed by atoms with Gasteiger partial charge in [0.25, 0.3) is 0 Å². The van der Waals surface area contributed by atoms with Gasteiger partial charge in [-0.1, -0.05) is 6.92 Å². The Bertz CT molecular complexity index is 594. The second-order valence-corrected chi connectivity index (χ2v) is 5.94. The van der Waals surface area contributed by atoms with Crippen LogP contribution in [-0.4, -0.2) is 28.0 Å². The van der Waals surface area contributed by atoms with Crippen molar-refractivity contribution < 1.29 is 0 Å². The second kappa shape index (κ2) is 7.36. The van der Waals surface area contributed by atoms with Gasteiger partial charge in [-0.25, -0.2) is 15.0 Å². The highest BCUT2D eigenvalue weighted by Gasteiger charge is 2.09. The van der Waals surface area contributed by atoms with E-state index in [1.54, 1.807) is 11.3 Å². The first kappa shape index (κ1) is 15.7. The monoisotopic (exact) mass is 305 g/mol. The highest BCUT2D eigenvalue weighted by atomic mass is 32.1. The molecule has 2 N–H and O–H groups in total. The Hall–Kier alpha value is -1.69. The Morgan fingerprint density at radius 3 is 2.33 bits per heavy atom. The molecule has 0 unspecified atom stereocenters. The fourth-order valence-electron chi connectivity index (χ4n) is 2.06. The van der Waals surface area contributed by atoms with E-state index in [-0.39, 0.29) is 0 Å². The SMILES string of the molecule is CCNc1nc(CC)nc(NCCc2csc(C)n2)c1C. The molecule has 6 heteroatoms. The molecule has 0 bridgehead atoms. The Morgan fingerprint density at radius 1 is 1.05 bits per heavy atom. The Balaban J connectivity index is 2.05. The standard InChI is InChI=1S/C15H23N5S/c1-5-13-19-14(16-6-2)10(3)15(20-13)17-8-7-12-9-21-11(4)18-12/h9H,5-8H2,1-4H3,(H2,16,17,19,20). The van der Waals surface area contributed by atoms with Crippen molar-refractivity contribution in [1.82, 2.24) is 15.0 Å². The average Bonchev–Trinajstić information content (AvgIpc) is 2.88. The summed E-state index contributed by atoms with van der Waals surface area (Å²) >= 11 is 1.69. The summed E-state index contributed by atoms with van der Waals surface area (Å²) in [6.45, 7) is 9.92. The van der Waals surface area contributed by atoms with Crippen molar-refractivity contribution in [3.05, 3.63) is 27.5 Å². The number of aromatic nitrogens is 3. The molecule has 114 valence electrons. The van der Waals surface area contributed by atoms with Gasteiger partial charge >= 0.3 is 0 Å². The van der Waals surface area contributed by atoms with Crippen LogP contribution < -0.4 is 10.6 Å². The zero-order chi connectivity index (χ0) is 15.2. The fraction of sp³-hybridized carbons (Fsp3) is 0.533. The summed E-state index contributed by atoms with van der Waals surface area (Å²) in [4.78, 5) is 13.6. The van der Waals surface area contributed by atoms with Crippen molar-refractivity contribution in [3.8, 4) is 0 Å². The van der Waals surface area contributed by atoms with Crippen LogP contribution in [0.4, 0.5) is 11.6 Å². The van der Waals surface area contributed by atoms with E-state index >= 15 is 0 Å². The molecule has 2 aromatic heterocycles. The lowest BCUT2D eigenvalue weighted by Gasteiger charge is -2.14. The smallest absolute Gasteiger partial charge is 0.134 e. The van der Waals surface area contributed by atoms with E-state index in [1.807, 2.05) is 13.8 Å². The van der Waals surface area contributed by atoms with E-state index in [1.165, 1.54) is 0 Å². The quantitative estimate of drug-likeness (QED) is 0.822. The van der Waals surface area contributed by atoms with Gasteiger partial charge in [0.05, 0.1) is 10.7 Å². The van der Waals surface area contributed by atoms with Crippen LogP contribution in [0.5, 0.6) is 0 Å². The molecule has 2 heterocycles. The lowest BCUT2D eigenvalue weighted by molar-refractivity contribution is 0.906. The van der Waals surface area contributed by atoms with E-state index in [0.717, 1.165) is 59.7 Å². The number of hydrogen-bond acceptors (Lipinski definition) is 6. The molecule has 0 atom stereocenters. The number of nitrogens with one attached hydrogen (secondary N) is 2. The lowest BCUT2D eigenvalue weighted by Crippen LogP contribution is -2.13. The largest absolute Gasteiger partial charge is 0.370 e.